The molecule has 0 aliphatic carbocycles. The standard InChI is InChI=1S/C19H30N2S/c1-3-4-5-6-7-8-9-10-13-16(2)22-19-20-17-14-11-12-15-18(17)21-19/h11-12,14-16H,3-10,13H2,1-2H3,(H,20,21). The van der Waals surface area contributed by atoms with E-state index in [0.717, 1.165) is 16.2 Å². The fraction of sp³-hybridized carbons (Fsp3) is 0.632. The molecule has 0 aliphatic rings. The third-order valence-corrected chi connectivity index (χ3v) is 5.20. The fourth-order valence-corrected chi connectivity index (χ4v) is 3.79. The number of thioether (sulfide) groups is 1. The predicted molar refractivity (Wildman–Crippen MR) is 98.6 cm³/mol. The Balaban J connectivity index is 1.58. The lowest BCUT2D eigenvalue weighted by Gasteiger charge is -2.08. The molecule has 0 aliphatic heterocycles. The van der Waals surface area contributed by atoms with E-state index >= 15 is 0 Å². The molecule has 0 amide bonds. The number of aromatic amines is 1. The van der Waals surface area contributed by atoms with Crippen LogP contribution in [0.1, 0.15) is 71.6 Å². The third-order valence-electron chi connectivity index (χ3n) is 4.14. The molecule has 0 spiro atoms. The lowest BCUT2D eigenvalue weighted by atomic mass is 10.1. The SMILES string of the molecule is CCCCCCCCCCC(C)Sc1nc2ccccc2[nH]1. The van der Waals surface area contributed by atoms with E-state index in [1.165, 1.54) is 57.8 Å². The highest BCUT2D eigenvalue weighted by molar-refractivity contribution is 7.99. The topological polar surface area (TPSA) is 28.7 Å². The number of hydrogen-bond donors (Lipinski definition) is 1. The Bertz CT molecular complexity index is 502. The van der Waals surface area contributed by atoms with Gasteiger partial charge in [0.25, 0.3) is 0 Å². The highest BCUT2D eigenvalue weighted by atomic mass is 32.2. The molecule has 2 aromatic rings. The monoisotopic (exact) mass is 318 g/mol. The van der Waals surface area contributed by atoms with Gasteiger partial charge in [0.05, 0.1) is 11.0 Å². The van der Waals surface area contributed by atoms with Crippen LogP contribution in [0.5, 0.6) is 0 Å². The van der Waals surface area contributed by atoms with E-state index in [9.17, 15) is 0 Å². The van der Waals surface area contributed by atoms with Gasteiger partial charge in [-0.2, -0.15) is 0 Å². The van der Waals surface area contributed by atoms with Crippen molar-refractivity contribution < 1.29 is 0 Å². The maximum absolute atomic E-state index is 4.65. The van der Waals surface area contributed by atoms with E-state index in [0.29, 0.717) is 5.25 Å². The number of imidazole rings is 1. The Morgan fingerprint density at radius 2 is 1.68 bits per heavy atom. The number of nitrogens with one attached hydrogen (secondary N) is 1. The van der Waals surface area contributed by atoms with Crippen molar-refractivity contribution >= 4 is 22.8 Å². The number of para-hydroxylation sites is 2. The van der Waals surface area contributed by atoms with E-state index in [1.54, 1.807) is 0 Å². The first kappa shape index (κ1) is 17.4. The number of fused-ring (bicyclic) bond motifs is 1. The molecular weight excluding hydrogens is 288 g/mol. The third kappa shape index (κ3) is 6.04. The summed E-state index contributed by atoms with van der Waals surface area (Å²) in [6.07, 6.45) is 12.5. The number of aromatic nitrogens is 2. The molecule has 3 heteroatoms. The largest absolute Gasteiger partial charge is 0.333 e. The van der Waals surface area contributed by atoms with Crippen LogP contribution in [0.15, 0.2) is 29.4 Å². The summed E-state index contributed by atoms with van der Waals surface area (Å²) in [5.74, 6) is 0. The van der Waals surface area contributed by atoms with Crippen molar-refractivity contribution in [3.05, 3.63) is 24.3 Å². The summed E-state index contributed by atoms with van der Waals surface area (Å²) < 4.78 is 0. The highest BCUT2D eigenvalue weighted by Gasteiger charge is 2.08. The summed E-state index contributed by atoms with van der Waals surface area (Å²) in [4.78, 5) is 8.05. The first-order valence-corrected chi connectivity index (χ1v) is 9.79. The molecule has 0 saturated heterocycles. The van der Waals surface area contributed by atoms with E-state index in [4.69, 9.17) is 0 Å². The zero-order valence-electron chi connectivity index (χ0n) is 14.1. The van der Waals surface area contributed by atoms with Gasteiger partial charge >= 0.3 is 0 Å². The summed E-state index contributed by atoms with van der Waals surface area (Å²) >= 11 is 1.88. The van der Waals surface area contributed by atoms with Crippen LogP contribution < -0.4 is 0 Å². The molecule has 1 aromatic carbocycles. The number of rotatable bonds is 11. The van der Waals surface area contributed by atoms with Gasteiger partial charge in [-0.1, -0.05) is 89.1 Å². The van der Waals surface area contributed by atoms with Crippen molar-refractivity contribution in [3.8, 4) is 0 Å². The van der Waals surface area contributed by atoms with Crippen LogP contribution in [0.25, 0.3) is 11.0 Å². The molecule has 0 saturated carbocycles. The number of hydrogen-bond acceptors (Lipinski definition) is 2. The Hall–Kier alpha value is -0.960. The Morgan fingerprint density at radius 1 is 1.00 bits per heavy atom. The molecule has 1 aromatic heterocycles. The molecule has 0 bridgehead atoms. The smallest absolute Gasteiger partial charge is 0.166 e. The second-order valence-electron chi connectivity index (χ2n) is 6.25. The molecule has 1 N–H and O–H groups in total. The maximum atomic E-state index is 4.65. The van der Waals surface area contributed by atoms with Gasteiger partial charge in [0.15, 0.2) is 5.16 Å². The van der Waals surface area contributed by atoms with Crippen molar-refractivity contribution in [2.24, 2.45) is 0 Å². The summed E-state index contributed by atoms with van der Waals surface area (Å²) in [5, 5.41) is 1.70. The molecule has 122 valence electrons. The van der Waals surface area contributed by atoms with Gasteiger partial charge in [0.1, 0.15) is 0 Å². The molecule has 0 radical (unpaired) electrons. The zero-order valence-corrected chi connectivity index (χ0v) is 14.9. The van der Waals surface area contributed by atoms with Crippen LogP contribution in [0, 0.1) is 0 Å². The maximum Gasteiger partial charge on any atom is 0.166 e. The summed E-state index contributed by atoms with van der Waals surface area (Å²) in [7, 11) is 0. The quantitative estimate of drug-likeness (QED) is 0.375. The molecule has 2 nitrogen and oxygen atoms in total. The minimum Gasteiger partial charge on any atom is -0.333 e. The Morgan fingerprint density at radius 3 is 2.41 bits per heavy atom. The minimum absolute atomic E-state index is 0.639. The van der Waals surface area contributed by atoms with Gasteiger partial charge in [-0.25, -0.2) is 4.98 Å². The van der Waals surface area contributed by atoms with E-state index in [2.05, 4.69) is 42.0 Å². The van der Waals surface area contributed by atoms with Crippen molar-refractivity contribution in [1.82, 2.24) is 9.97 Å². The second-order valence-corrected chi connectivity index (χ2v) is 7.68. The van der Waals surface area contributed by atoms with Crippen molar-refractivity contribution in [3.63, 3.8) is 0 Å². The fourth-order valence-electron chi connectivity index (χ4n) is 2.80. The average molecular weight is 319 g/mol. The first-order chi connectivity index (χ1) is 10.8. The molecule has 0 fully saturated rings. The highest BCUT2D eigenvalue weighted by Crippen LogP contribution is 2.26. The second kappa shape index (κ2) is 9.94. The van der Waals surface area contributed by atoms with Crippen LogP contribution in [-0.2, 0) is 0 Å². The average Bonchev–Trinajstić information content (AvgIpc) is 2.92. The van der Waals surface area contributed by atoms with Crippen molar-refractivity contribution in [2.45, 2.75) is 82.0 Å². The molecule has 22 heavy (non-hydrogen) atoms. The van der Waals surface area contributed by atoms with Gasteiger partial charge in [0, 0.05) is 5.25 Å². The lowest BCUT2D eigenvalue weighted by molar-refractivity contribution is 0.564. The van der Waals surface area contributed by atoms with Gasteiger partial charge in [-0.15, -0.1) is 0 Å². The van der Waals surface area contributed by atoms with Gasteiger partial charge < -0.3 is 4.98 Å². The number of H-pyrrole nitrogens is 1. The summed E-state index contributed by atoms with van der Waals surface area (Å²) in [6.45, 7) is 4.60. The normalized spacial score (nSPS) is 12.8. The summed E-state index contributed by atoms with van der Waals surface area (Å²) in [5.41, 5.74) is 2.22. The minimum atomic E-state index is 0.639. The molecule has 1 atom stereocenters. The van der Waals surface area contributed by atoms with Crippen LogP contribution in [0.4, 0.5) is 0 Å². The molecule has 1 unspecified atom stereocenters. The van der Waals surface area contributed by atoms with E-state index < -0.39 is 0 Å². The number of nitrogens with zero attached hydrogens (tertiary/aromatic N) is 1. The Labute approximate surface area is 139 Å². The molecule has 2 rings (SSSR count). The molecule has 1 heterocycles. The molecular formula is C19H30N2S. The summed E-state index contributed by atoms with van der Waals surface area (Å²) in [6, 6.07) is 8.26. The van der Waals surface area contributed by atoms with Crippen LogP contribution >= 0.6 is 11.8 Å². The number of unbranched alkanes of at least 4 members (excludes halogenated alkanes) is 7. The van der Waals surface area contributed by atoms with E-state index in [-0.39, 0.29) is 0 Å². The van der Waals surface area contributed by atoms with Gasteiger partial charge in [0.2, 0.25) is 0 Å². The van der Waals surface area contributed by atoms with Crippen molar-refractivity contribution in [2.75, 3.05) is 0 Å². The lowest BCUT2D eigenvalue weighted by Crippen LogP contribution is -1.96. The van der Waals surface area contributed by atoms with Gasteiger partial charge in [-0.3, -0.25) is 0 Å². The first-order valence-electron chi connectivity index (χ1n) is 8.91. The predicted octanol–water partition coefficient (Wildman–Crippen LogP) is 6.57. The number of benzene rings is 1. The zero-order chi connectivity index (χ0) is 15.6. The van der Waals surface area contributed by atoms with Crippen molar-refractivity contribution in [1.29, 1.82) is 0 Å². The Kier molecular flexibility index (Phi) is 7.86. The van der Waals surface area contributed by atoms with Gasteiger partial charge in [-0.05, 0) is 18.6 Å². The van der Waals surface area contributed by atoms with Crippen LogP contribution in [0.2, 0.25) is 0 Å². The van der Waals surface area contributed by atoms with E-state index in [1.807, 2.05) is 17.8 Å². The van der Waals surface area contributed by atoms with Crippen LogP contribution in [0.3, 0.4) is 0 Å². The van der Waals surface area contributed by atoms with Crippen LogP contribution in [-0.4, -0.2) is 15.2 Å².